The lowest BCUT2D eigenvalue weighted by atomic mass is 10.0. The molecule has 0 aliphatic heterocycles. The van der Waals surface area contributed by atoms with Gasteiger partial charge in [0.1, 0.15) is 5.92 Å². The largest absolute Gasteiger partial charge is 0.481 e. The molecule has 1 N–H and O–H groups in total. The molecule has 0 aromatic heterocycles. The Labute approximate surface area is 91.9 Å². The van der Waals surface area contributed by atoms with E-state index in [-0.39, 0.29) is 0 Å². The number of carbonyl (C=O) groups excluding carboxylic acids is 1. The van der Waals surface area contributed by atoms with Crippen LogP contribution in [0.3, 0.4) is 0 Å². The minimum absolute atomic E-state index is 0.437. The van der Waals surface area contributed by atoms with Gasteiger partial charge >= 0.3 is 5.97 Å². The van der Waals surface area contributed by atoms with Crippen molar-refractivity contribution in [3.63, 3.8) is 0 Å². The first-order valence-electron chi connectivity index (χ1n) is 5.82. The summed E-state index contributed by atoms with van der Waals surface area (Å²) in [5.41, 5.74) is 0. The summed E-state index contributed by atoms with van der Waals surface area (Å²) in [6.45, 7) is 2.18. The number of carbonyl (C=O) groups is 1. The molecular formula is C12H21O3. The fourth-order valence-corrected chi connectivity index (χ4v) is 1.54. The number of carboxylic acid groups (broad SMARTS) is 1. The van der Waals surface area contributed by atoms with E-state index in [0.29, 0.717) is 6.42 Å². The standard InChI is InChI=1S/C12H21O3/c1-2-3-4-5-6-7-8-9-11(10-13)12(14)15/h11H,2-9H2,1H3,(H,14,15). The van der Waals surface area contributed by atoms with Crippen LogP contribution in [0.2, 0.25) is 0 Å². The lowest BCUT2D eigenvalue weighted by Crippen LogP contribution is -2.14. The molecule has 15 heavy (non-hydrogen) atoms. The van der Waals surface area contributed by atoms with E-state index in [1.165, 1.54) is 25.7 Å². The van der Waals surface area contributed by atoms with Crippen molar-refractivity contribution in [2.75, 3.05) is 0 Å². The number of hydrogen-bond donors (Lipinski definition) is 1. The van der Waals surface area contributed by atoms with Crippen molar-refractivity contribution in [2.24, 2.45) is 5.92 Å². The van der Waals surface area contributed by atoms with E-state index in [1.54, 1.807) is 6.29 Å². The highest BCUT2D eigenvalue weighted by molar-refractivity contribution is 5.86. The van der Waals surface area contributed by atoms with Crippen LogP contribution in [0.5, 0.6) is 0 Å². The van der Waals surface area contributed by atoms with Crippen molar-refractivity contribution >= 4 is 12.3 Å². The predicted octanol–water partition coefficient (Wildman–Crippen LogP) is 2.94. The number of carboxylic acids is 1. The SMILES string of the molecule is CCCCCCCCCC([C]=O)C(=O)O. The van der Waals surface area contributed by atoms with Crippen molar-refractivity contribution in [1.29, 1.82) is 0 Å². The zero-order chi connectivity index (χ0) is 11.5. The summed E-state index contributed by atoms with van der Waals surface area (Å²) < 4.78 is 0. The molecule has 0 aromatic carbocycles. The van der Waals surface area contributed by atoms with E-state index in [1.807, 2.05) is 0 Å². The quantitative estimate of drug-likeness (QED) is 0.448. The van der Waals surface area contributed by atoms with Gasteiger partial charge in [-0.2, -0.15) is 0 Å². The average Bonchev–Trinajstić information content (AvgIpc) is 2.21. The molecule has 1 radical (unpaired) electrons. The second kappa shape index (κ2) is 9.69. The van der Waals surface area contributed by atoms with Gasteiger partial charge in [0, 0.05) is 0 Å². The summed E-state index contributed by atoms with van der Waals surface area (Å²) >= 11 is 0. The topological polar surface area (TPSA) is 54.4 Å². The number of aliphatic carboxylic acids is 1. The Balaban J connectivity index is 3.29. The summed E-state index contributed by atoms with van der Waals surface area (Å²) in [6, 6.07) is 0. The van der Waals surface area contributed by atoms with Crippen molar-refractivity contribution in [3.8, 4) is 0 Å². The van der Waals surface area contributed by atoms with Gasteiger partial charge < -0.3 is 5.11 Å². The van der Waals surface area contributed by atoms with Crippen LogP contribution in [0.4, 0.5) is 0 Å². The third-order valence-corrected chi connectivity index (χ3v) is 2.54. The van der Waals surface area contributed by atoms with E-state index >= 15 is 0 Å². The van der Waals surface area contributed by atoms with Crippen molar-refractivity contribution in [1.82, 2.24) is 0 Å². The van der Waals surface area contributed by atoms with Gasteiger partial charge in [0.05, 0.1) is 0 Å². The molecule has 0 fully saturated rings. The molecule has 0 aromatic rings. The van der Waals surface area contributed by atoms with E-state index in [4.69, 9.17) is 5.11 Å². The van der Waals surface area contributed by atoms with Crippen LogP contribution in [0.25, 0.3) is 0 Å². The van der Waals surface area contributed by atoms with Crippen LogP contribution in [0.15, 0.2) is 0 Å². The smallest absolute Gasteiger partial charge is 0.314 e. The first-order chi connectivity index (χ1) is 7.22. The van der Waals surface area contributed by atoms with Gasteiger partial charge in [-0.25, -0.2) is 0 Å². The van der Waals surface area contributed by atoms with Crippen LogP contribution < -0.4 is 0 Å². The van der Waals surface area contributed by atoms with Gasteiger partial charge in [-0.15, -0.1) is 0 Å². The molecule has 3 nitrogen and oxygen atoms in total. The fourth-order valence-electron chi connectivity index (χ4n) is 1.54. The lowest BCUT2D eigenvalue weighted by molar-refractivity contribution is -0.139. The van der Waals surface area contributed by atoms with Gasteiger partial charge in [-0.05, 0) is 6.42 Å². The highest BCUT2D eigenvalue weighted by atomic mass is 16.4. The summed E-state index contributed by atoms with van der Waals surface area (Å²) in [6.07, 6.45) is 9.98. The molecule has 1 unspecified atom stereocenters. The molecule has 0 amide bonds. The Kier molecular flexibility index (Phi) is 9.13. The summed E-state index contributed by atoms with van der Waals surface area (Å²) in [5.74, 6) is -1.96. The van der Waals surface area contributed by atoms with Crippen molar-refractivity contribution in [2.45, 2.75) is 58.3 Å². The third-order valence-electron chi connectivity index (χ3n) is 2.54. The molecule has 0 aliphatic rings. The maximum absolute atomic E-state index is 10.5. The second-order valence-corrected chi connectivity index (χ2v) is 3.92. The summed E-state index contributed by atoms with van der Waals surface area (Å²) in [5, 5.41) is 8.58. The fraction of sp³-hybridized carbons (Fsp3) is 0.833. The maximum atomic E-state index is 10.5. The molecule has 0 aliphatic carbocycles. The Morgan fingerprint density at radius 3 is 2.13 bits per heavy atom. The van der Waals surface area contributed by atoms with Gasteiger partial charge in [-0.1, -0.05) is 51.9 Å². The Bertz CT molecular complexity index is 178. The lowest BCUT2D eigenvalue weighted by Gasteiger charge is -2.03. The van der Waals surface area contributed by atoms with E-state index in [2.05, 4.69) is 6.92 Å². The van der Waals surface area contributed by atoms with E-state index in [9.17, 15) is 9.59 Å². The van der Waals surface area contributed by atoms with Crippen LogP contribution in [0, 0.1) is 5.92 Å². The molecule has 0 saturated heterocycles. The molecule has 0 rings (SSSR count). The zero-order valence-electron chi connectivity index (χ0n) is 9.50. The van der Waals surface area contributed by atoms with Gasteiger partial charge in [0.2, 0.25) is 6.29 Å². The number of unbranched alkanes of at least 4 members (excludes halogenated alkanes) is 6. The van der Waals surface area contributed by atoms with E-state index in [0.717, 1.165) is 19.3 Å². The Morgan fingerprint density at radius 2 is 1.67 bits per heavy atom. The minimum atomic E-state index is -1.05. The number of hydrogen-bond acceptors (Lipinski definition) is 2. The first-order valence-corrected chi connectivity index (χ1v) is 5.82. The molecule has 1 atom stereocenters. The van der Waals surface area contributed by atoms with Crippen LogP contribution in [0.1, 0.15) is 58.3 Å². The molecule has 0 spiro atoms. The monoisotopic (exact) mass is 213 g/mol. The van der Waals surface area contributed by atoms with Gasteiger partial charge in [0.15, 0.2) is 0 Å². The van der Waals surface area contributed by atoms with Crippen LogP contribution in [-0.2, 0) is 9.59 Å². The molecule has 0 heterocycles. The third kappa shape index (κ3) is 8.16. The van der Waals surface area contributed by atoms with Gasteiger partial charge in [0.25, 0.3) is 0 Å². The molecule has 0 bridgehead atoms. The predicted molar refractivity (Wildman–Crippen MR) is 59.4 cm³/mol. The highest BCUT2D eigenvalue weighted by Crippen LogP contribution is 2.11. The first kappa shape index (κ1) is 14.1. The molecule has 0 saturated carbocycles. The normalized spacial score (nSPS) is 12.3. The van der Waals surface area contributed by atoms with E-state index < -0.39 is 11.9 Å². The van der Waals surface area contributed by atoms with Crippen molar-refractivity contribution in [3.05, 3.63) is 0 Å². The summed E-state index contributed by atoms with van der Waals surface area (Å²) in [4.78, 5) is 20.7. The van der Waals surface area contributed by atoms with Crippen molar-refractivity contribution < 1.29 is 14.7 Å². The van der Waals surface area contributed by atoms with Crippen LogP contribution in [-0.4, -0.2) is 17.4 Å². The van der Waals surface area contributed by atoms with Crippen LogP contribution >= 0.6 is 0 Å². The maximum Gasteiger partial charge on any atom is 0.314 e. The zero-order valence-corrected chi connectivity index (χ0v) is 9.50. The number of rotatable bonds is 10. The molecular weight excluding hydrogens is 192 g/mol. The average molecular weight is 213 g/mol. The highest BCUT2D eigenvalue weighted by Gasteiger charge is 2.16. The Hall–Kier alpha value is -0.860. The molecule has 3 heteroatoms. The van der Waals surface area contributed by atoms with Gasteiger partial charge in [-0.3, -0.25) is 9.59 Å². The second-order valence-electron chi connectivity index (χ2n) is 3.92. The minimum Gasteiger partial charge on any atom is -0.481 e. The Morgan fingerprint density at radius 1 is 1.13 bits per heavy atom. The summed E-state index contributed by atoms with van der Waals surface area (Å²) in [7, 11) is 0. The molecule has 87 valence electrons.